The van der Waals surface area contributed by atoms with Crippen LogP contribution in [-0.4, -0.2) is 45.5 Å². The average molecular weight is 768 g/mol. The van der Waals surface area contributed by atoms with Crippen LogP contribution in [0.5, 0.6) is 5.75 Å². The van der Waals surface area contributed by atoms with Crippen LogP contribution in [-0.2, 0) is 33.0 Å². The average Bonchev–Trinajstić information content (AvgIpc) is 3.78. The van der Waals surface area contributed by atoms with Crippen molar-refractivity contribution in [3.05, 3.63) is 117 Å². The second kappa shape index (κ2) is 16.2. The number of aromatic nitrogens is 4. The zero-order valence-corrected chi connectivity index (χ0v) is 30.7. The van der Waals surface area contributed by atoms with Crippen molar-refractivity contribution in [2.45, 2.75) is 71.4 Å². The molecule has 0 saturated carbocycles. The highest BCUT2D eigenvalue weighted by molar-refractivity contribution is 7.10. The van der Waals surface area contributed by atoms with Gasteiger partial charge in [0.2, 0.25) is 6.33 Å². The van der Waals surface area contributed by atoms with Crippen LogP contribution in [0, 0.1) is 36.8 Å². The molecular weight excluding hydrogens is 732 g/mol. The summed E-state index contributed by atoms with van der Waals surface area (Å²) in [5.74, 6) is -6.09. The summed E-state index contributed by atoms with van der Waals surface area (Å²) in [5.41, 5.74) is 0.613. The molecule has 0 fully saturated rings. The molecule has 2 atom stereocenters. The highest BCUT2D eigenvalue weighted by Crippen LogP contribution is 2.45. The molecule has 0 bridgehead atoms. The fourth-order valence-corrected chi connectivity index (χ4v) is 6.90. The summed E-state index contributed by atoms with van der Waals surface area (Å²) in [6.07, 6.45) is -2.63. The lowest BCUT2D eigenvalue weighted by molar-refractivity contribution is -0.689. The van der Waals surface area contributed by atoms with E-state index >= 15 is 4.39 Å². The Balaban J connectivity index is 1.51. The van der Waals surface area contributed by atoms with Crippen LogP contribution in [0.25, 0.3) is 11.3 Å². The minimum atomic E-state index is -5.47. The SMILES string of the molecule is Cc1cc(C[n+]2cnn(CC(OC(=O)C(F)(F)F)(c3ccc(F)cc3F)C(C)c3nc(-c4ccc(C#N)cc4)cs3)c2)cc(C)c1OC(=O)CNC(C)C. The Morgan fingerprint density at radius 1 is 1.04 bits per heavy atom. The number of ether oxygens (including phenoxy) is 2. The molecule has 0 aliphatic rings. The number of thiazole rings is 1. The molecule has 3 aromatic carbocycles. The summed E-state index contributed by atoms with van der Waals surface area (Å²) in [5, 5.41) is 18.3. The van der Waals surface area contributed by atoms with Gasteiger partial charge in [0, 0.05) is 33.7 Å². The standard InChI is InChI=1S/C38H36F5N6O4S/c1-22(2)45-16-33(50)52-34-23(3)12-27(13-24(34)4)17-48-20-46-49(21-48)19-37(53-36(51)38(41,42)43,30-11-10-29(39)14-31(30)40)25(5)35-47-32(18-54-35)28-8-6-26(15-44)7-9-28/h6-14,18,20-22,25,45H,16-17,19H2,1-5H3/q+1. The number of esters is 2. The van der Waals surface area contributed by atoms with Crippen molar-refractivity contribution in [2.75, 3.05) is 6.54 Å². The lowest BCUT2D eigenvalue weighted by Gasteiger charge is -2.36. The van der Waals surface area contributed by atoms with E-state index in [0.29, 0.717) is 39.8 Å². The fourth-order valence-electron chi connectivity index (χ4n) is 5.93. The van der Waals surface area contributed by atoms with E-state index in [0.717, 1.165) is 29.0 Å². The van der Waals surface area contributed by atoms with Crippen molar-refractivity contribution < 1.29 is 45.6 Å². The van der Waals surface area contributed by atoms with Gasteiger partial charge in [0.15, 0.2) is 5.60 Å². The van der Waals surface area contributed by atoms with Crippen LogP contribution in [0.4, 0.5) is 22.0 Å². The van der Waals surface area contributed by atoms with E-state index < -0.39 is 53.4 Å². The Labute approximate surface area is 311 Å². The minimum absolute atomic E-state index is 0.0361. The van der Waals surface area contributed by atoms with E-state index in [1.165, 1.54) is 24.3 Å². The number of alkyl halides is 3. The van der Waals surface area contributed by atoms with E-state index in [1.807, 2.05) is 32.0 Å². The molecular formula is C38H36F5N6O4S+. The molecule has 5 rings (SSSR count). The molecule has 0 radical (unpaired) electrons. The van der Waals surface area contributed by atoms with Crippen molar-refractivity contribution in [2.24, 2.45) is 0 Å². The maximum absolute atomic E-state index is 15.7. The van der Waals surface area contributed by atoms with Gasteiger partial charge < -0.3 is 14.8 Å². The molecule has 282 valence electrons. The van der Waals surface area contributed by atoms with Gasteiger partial charge in [-0.25, -0.2) is 23.1 Å². The molecule has 0 spiro atoms. The van der Waals surface area contributed by atoms with Crippen molar-refractivity contribution in [3.63, 3.8) is 0 Å². The highest BCUT2D eigenvalue weighted by Gasteiger charge is 2.53. The Hall–Kier alpha value is -5.53. The fraction of sp³-hybridized carbons (Fsp3) is 0.316. The van der Waals surface area contributed by atoms with Crippen molar-refractivity contribution in [1.29, 1.82) is 5.26 Å². The summed E-state index contributed by atoms with van der Waals surface area (Å²) >= 11 is 1.04. The van der Waals surface area contributed by atoms with Gasteiger partial charge in [0.25, 0.3) is 6.33 Å². The van der Waals surface area contributed by atoms with Crippen LogP contribution < -0.4 is 14.6 Å². The monoisotopic (exact) mass is 767 g/mol. The summed E-state index contributed by atoms with van der Waals surface area (Å²) in [4.78, 5) is 29.6. The number of carbonyl (C=O) groups is 2. The van der Waals surface area contributed by atoms with Crippen LogP contribution >= 0.6 is 11.3 Å². The number of benzene rings is 3. The summed E-state index contributed by atoms with van der Waals surface area (Å²) in [7, 11) is 0. The molecule has 54 heavy (non-hydrogen) atoms. The maximum Gasteiger partial charge on any atom is 0.490 e. The first-order chi connectivity index (χ1) is 25.5. The molecule has 0 aliphatic carbocycles. The minimum Gasteiger partial charge on any atom is -0.443 e. The first-order valence-corrected chi connectivity index (χ1v) is 17.5. The van der Waals surface area contributed by atoms with Gasteiger partial charge in [-0.2, -0.15) is 18.4 Å². The molecule has 0 amide bonds. The number of halogens is 5. The smallest absolute Gasteiger partial charge is 0.443 e. The van der Waals surface area contributed by atoms with Crippen LogP contribution in [0.1, 0.15) is 59.5 Å². The molecule has 10 nitrogen and oxygen atoms in total. The summed E-state index contributed by atoms with van der Waals surface area (Å²) < 4.78 is 85.4. The normalized spacial score (nSPS) is 13.3. The summed E-state index contributed by atoms with van der Waals surface area (Å²) in [6.45, 7) is 8.46. The topological polar surface area (TPSA) is 123 Å². The number of hydrogen-bond acceptors (Lipinski definition) is 9. The van der Waals surface area contributed by atoms with E-state index in [4.69, 9.17) is 14.7 Å². The van der Waals surface area contributed by atoms with Gasteiger partial charge in [-0.3, -0.25) is 4.79 Å². The van der Waals surface area contributed by atoms with E-state index in [9.17, 15) is 27.2 Å². The third-order valence-electron chi connectivity index (χ3n) is 8.58. The van der Waals surface area contributed by atoms with Gasteiger partial charge in [-0.05, 0) is 66.9 Å². The number of hydrogen-bond donors (Lipinski definition) is 1. The van der Waals surface area contributed by atoms with E-state index in [-0.39, 0.29) is 24.1 Å². The Morgan fingerprint density at radius 3 is 2.33 bits per heavy atom. The molecule has 2 heterocycles. The zero-order valence-electron chi connectivity index (χ0n) is 29.9. The third kappa shape index (κ3) is 9.15. The Bertz CT molecular complexity index is 2170. The zero-order chi connectivity index (χ0) is 39.4. The molecule has 5 aromatic rings. The predicted molar refractivity (Wildman–Crippen MR) is 187 cm³/mol. The molecule has 0 saturated heterocycles. The highest BCUT2D eigenvalue weighted by atomic mass is 32.1. The largest absolute Gasteiger partial charge is 0.490 e. The first kappa shape index (κ1) is 39.7. The number of aryl methyl sites for hydroxylation is 2. The van der Waals surface area contributed by atoms with Gasteiger partial charge in [0.05, 0.1) is 36.3 Å². The van der Waals surface area contributed by atoms with Gasteiger partial charge in [0.1, 0.15) is 28.9 Å². The first-order valence-electron chi connectivity index (χ1n) is 16.7. The molecule has 0 aliphatic heterocycles. The second-order valence-corrected chi connectivity index (χ2v) is 14.0. The molecule has 2 aromatic heterocycles. The van der Waals surface area contributed by atoms with Gasteiger partial charge in [-0.15, -0.1) is 16.0 Å². The van der Waals surface area contributed by atoms with Crippen LogP contribution in [0.15, 0.2) is 72.6 Å². The van der Waals surface area contributed by atoms with Gasteiger partial charge in [-0.1, -0.05) is 32.9 Å². The van der Waals surface area contributed by atoms with Crippen LogP contribution in [0.2, 0.25) is 0 Å². The number of nitrogens with zero attached hydrogens (tertiary/aromatic N) is 5. The lowest BCUT2D eigenvalue weighted by atomic mass is 9.81. The Morgan fingerprint density at radius 2 is 1.72 bits per heavy atom. The lowest BCUT2D eigenvalue weighted by Crippen LogP contribution is -2.45. The second-order valence-electron chi connectivity index (χ2n) is 13.1. The van der Waals surface area contributed by atoms with Crippen molar-refractivity contribution >= 4 is 23.3 Å². The van der Waals surface area contributed by atoms with Crippen molar-refractivity contribution in [3.8, 4) is 23.1 Å². The number of carbonyl (C=O) groups excluding carboxylic acids is 2. The quantitative estimate of drug-likeness (QED) is 0.0600. The third-order valence-corrected chi connectivity index (χ3v) is 9.60. The maximum atomic E-state index is 15.7. The van der Waals surface area contributed by atoms with Gasteiger partial charge >= 0.3 is 18.1 Å². The predicted octanol–water partition coefficient (Wildman–Crippen LogP) is 6.82. The van der Waals surface area contributed by atoms with E-state index in [1.54, 1.807) is 48.1 Å². The summed E-state index contributed by atoms with van der Waals surface area (Å²) in [6, 6.07) is 14.5. The van der Waals surface area contributed by atoms with Crippen molar-refractivity contribution in [1.82, 2.24) is 20.1 Å². The van der Waals surface area contributed by atoms with E-state index in [2.05, 4.69) is 15.4 Å². The molecule has 1 N–H and O–H groups in total. The van der Waals surface area contributed by atoms with Crippen LogP contribution in [0.3, 0.4) is 0 Å². The number of nitrogens with one attached hydrogen (secondary N) is 1. The molecule has 2 unspecified atom stereocenters. The Kier molecular flexibility index (Phi) is 11.9. The number of rotatable bonds is 13. The molecule has 16 heteroatoms. The number of nitriles is 1.